The van der Waals surface area contributed by atoms with Crippen LogP contribution in [0.1, 0.15) is 42.6 Å². The Bertz CT molecular complexity index is 511. The van der Waals surface area contributed by atoms with Crippen LogP contribution in [-0.4, -0.2) is 23.9 Å². The first-order valence-electron chi connectivity index (χ1n) is 6.65. The van der Waals surface area contributed by atoms with Gasteiger partial charge in [-0.25, -0.2) is 4.39 Å². The molecule has 1 aliphatic heterocycles. The number of hydrogen-bond donors (Lipinski definition) is 1. The highest BCUT2D eigenvalue weighted by molar-refractivity contribution is 5.95. The van der Waals surface area contributed by atoms with Gasteiger partial charge >= 0.3 is 0 Å². The van der Waals surface area contributed by atoms with Crippen LogP contribution < -0.4 is 5.73 Å². The molecule has 0 saturated carbocycles. The van der Waals surface area contributed by atoms with E-state index >= 15 is 0 Å². The Morgan fingerprint density at radius 1 is 1.42 bits per heavy atom. The summed E-state index contributed by atoms with van der Waals surface area (Å²) in [5.41, 5.74) is 6.75. The zero-order valence-corrected chi connectivity index (χ0v) is 11.8. The van der Waals surface area contributed by atoms with Gasteiger partial charge in [0.25, 0.3) is 5.91 Å². The van der Waals surface area contributed by atoms with E-state index in [1.165, 1.54) is 6.07 Å². The summed E-state index contributed by atoms with van der Waals surface area (Å²) in [6.07, 6.45) is 2.05. The SMILES string of the molecule is Cc1cc(N)cc(C(=O)N2CCCC(C)(C)C2)c1F. The molecule has 4 heteroatoms. The van der Waals surface area contributed by atoms with Gasteiger partial charge in [-0.05, 0) is 42.9 Å². The first kappa shape index (κ1) is 13.8. The van der Waals surface area contributed by atoms with Gasteiger partial charge in [-0.3, -0.25) is 4.79 Å². The predicted molar refractivity (Wildman–Crippen MR) is 74.5 cm³/mol. The minimum absolute atomic E-state index is 0.0928. The van der Waals surface area contributed by atoms with Gasteiger partial charge in [-0.2, -0.15) is 0 Å². The van der Waals surface area contributed by atoms with Crippen LogP contribution in [0.25, 0.3) is 0 Å². The Hall–Kier alpha value is -1.58. The van der Waals surface area contributed by atoms with E-state index in [4.69, 9.17) is 5.73 Å². The number of carbonyl (C=O) groups is 1. The molecule has 1 fully saturated rings. The molecular formula is C15H21FN2O. The fraction of sp³-hybridized carbons (Fsp3) is 0.533. The summed E-state index contributed by atoms with van der Waals surface area (Å²) in [6, 6.07) is 2.98. The fourth-order valence-corrected chi connectivity index (χ4v) is 2.72. The number of anilines is 1. The van der Waals surface area contributed by atoms with E-state index < -0.39 is 5.82 Å². The second-order valence-electron chi connectivity index (χ2n) is 6.19. The number of nitrogens with two attached hydrogens (primary N) is 1. The third kappa shape index (κ3) is 2.88. The monoisotopic (exact) mass is 264 g/mol. The van der Waals surface area contributed by atoms with Crippen molar-refractivity contribution in [1.29, 1.82) is 0 Å². The lowest BCUT2D eigenvalue weighted by Crippen LogP contribution is -2.43. The van der Waals surface area contributed by atoms with Crippen molar-refractivity contribution in [3.05, 3.63) is 29.1 Å². The van der Waals surface area contributed by atoms with Crippen LogP contribution >= 0.6 is 0 Å². The second kappa shape index (κ2) is 4.83. The highest BCUT2D eigenvalue weighted by Gasteiger charge is 2.30. The van der Waals surface area contributed by atoms with Crippen LogP contribution in [0.3, 0.4) is 0 Å². The van der Waals surface area contributed by atoms with Crippen LogP contribution in [-0.2, 0) is 0 Å². The lowest BCUT2D eigenvalue weighted by molar-refractivity contribution is 0.0578. The zero-order valence-electron chi connectivity index (χ0n) is 11.8. The van der Waals surface area contributed by atoms with Crippen LogP contribution in [0.15, 0.2) is 12.1 Å². The van der Waals surface area contributed by atoms with Crippen LogP contribution in [0, 0.1) is 18.2 Å². The van der Waals surface area contributed by atoms with Gasteiger partial charge in [0.15, 0.2) is 0 Å². The molecule has 0 unspecified atom stereocenters. The van der Waals surface area contributed by atoms with Gasteiger partial charge in [0.2, 0.25) is 0 Å². The van der Waals surface area contributed by atoms with E-state index in [2.05, 4.69) is 13.8 Å². The summed E-state index contributed by atoms with van der Waals surface area (Å²) in [6.45, 7) is 7.25. The molecule has 104 valence electrons. The number of hydrogen-bond acceptors (Lipinski definition) is 2. The molecule has 1 aromatic carbocycles. The molecule has 1 heterocycles. The maximum atomic E-state index is 14.1. The largest absolute Gasteiger partial charge is 0.399 e. The Balaban J connectivity index is 2.29. The number of amides is 1. The highest BCUT2D eigenvalue weighted by atomic mass is 19.1. The maximum absolute atomic E-state index is 14.1. The Kier molecular flexibility index (Phi) is 3.52. The molecule has 2 N–H and O–H groups in total. The highest BCUT2D eigenvalue weighted by Crippen LogP contribution is 2.30. The van der Waals surface area contributed by atoms with Crippen LogP contribution in [0.2, 0.25) is 0 Å². The molecule has 0 atom stereocenters. The molecule has 0 aromatic heterocycles. The number of benzene rings is 1. The van der Waals surface area contributed by atoms with E-state index in [1.807, 2.05) is 0 Å². The topological polar surface area (TPSA) is 46.3 Å². The molecule has 1 amide bonds. The molecule has 1 saturated heterocycles. The number of halogens is 1. The number of carbonyl (C=O) groups excluding carboxylic acids is 1. The average molecular weight is 264 g/mol. The van der Waals surface area contributed by atoms with Gasteiger partial charge in [0, 0.05) is 18.8 Å². The predicted octanol–water partition coefficient (Wildman–Crippen LogP) is 2.98. The quantitative estimate of drug-likeness (QED) is 0.793. The van der Waals surface area contributed by atoms with Crippen molar-refractivity contribution in [2.24, 2.45) is 5.41 Å². The van der Waals surface area contributed by atoms with Crippen molar-refractivity contribution < 1.29 is 9.18 Å². The molecular weight excluding hydrogens is 243 g/mol. The van der Waals surface area contributed by atoms with Crippen LogP contribution in [0.4, 0.5) is 10.1 Å². The smallest absolute Gasteiger partial charge is 0.256 e. The summed E-state index contributed by atoms with van der Waals surface area (Å²) in [5, 5.41) is 0. The van der Waals surface area contributed by atoms with Gasteiger partial charge in [0.05, 0.1) is 5.56 Å². The van der Waals surface area contributed by atoms with E-state index in [1.54, 1.807) is 17.9 Å². The number of rotatable bonds is 1. The lowest BCUT2D eigenvalue weighted by Gasteiger charge is -2.38. The molecule has 0 radical (unpaired) electrons. The molecule has 3 nitrogen and oxygen atoms in total. The molecule has 1 aromatic rings. The van der Waals surface area contributed by atoms with Crippen LogP contribution in [0.5, 0.6) is 0 Å². The molecule has 19 heavy (non-hydrogen) atoms. The molecule has 0 aliphatic carbocycles. The average Bonchev–Trinajstić information content (AvgIpc) is 2.31. The van der Waals surface area contributed by atoms with Gasteiger partial charge in [-0.1, -0.05) is 13.8 Å². The van der Waals surface area contributed by atoms with Gasteiger partial charge in [0.1, 0.15) is 5.82 Å². The minimum atomic E-state index is -0.456. The first-order valence-corrected chi connectivity index (χ1v) is 6.65. The number of nitrogen functional groups attached to an aromatic ring is 1. The van der Waals surface area contributed by atoms with Crippen molar-refractivity contribution in [2.45, 2.75) is 33.6 Å². The number of likely N-dealkylation sites (tertiary alicyclic amines) is 1. The third-order valence-electron chi connectivity index (χ3n) is 3.69. The van der Waals surface area contributed by atoms with E-state index in [-0.39, 0.29) is 16.9 Å². The second-order valence-corrected chi connectivity index (χ2v) is 6.19. The molecule has 0 bridgehead atoms. The number of piperidine rings is 1. The standard InChI is InChI=1S/C15H21FN2O/c1-10-7-11(17)8-12(13(10)16)14(19)18-6-4-5-15(2,3)9-18/h7-8H,4-6,9,17H2,1-3H3. The summed E-state index contributed by atoms with van der Waals surface area (Å²) < 4.78 is 14.1. The number of aryl methyl sites for hydroxylation is 1. The van der Waals surface area contributed by atoms with Gasteiger partial charge < -0.3 is 10.6 Å². The molecule has 0 spiro atoms. The summed E-state index contributed by atoms with van der Waals surface area (Å²) in [4.78, 5) is 14.2. The fourth-order valence-electron chi connectivity index (χ4n) is 2.72. The van der Waals surface area contributed by atoms with E-state index in [0.29, 0.717) is 24.3 Å². The van der Waals surface area contributed by atoms with Crippen molar-refractivity contribution in [3.63, 3.8) is 0 Å². The first-order chi connectivity index (χ1) is 8.80. The summed E-state index contributed by atoms with van der Waals surface area (Å²) >= 11 is 0. The minimum Gasteiger partial charge on any atom is -0.399 e. The van der Waals surface area contributed by atoms with Crippen molar-refractivity contribution in [2.75, 3.05) is 18.8 Å². The maximum Gasteiger partial charge on any atom is 0.256 e. The molecule has 2 rings (SSSR count). The molecule has 1 aliphatic rings. The zero-order chi connectivity index (χ0) is 14.2. The van der Waals surface area contributed by atoms with Gasteiger partial charge in [-0.15, -0.1) is 0 Å². The van der Waals surface area contributed by atoms with Crippen molar-refractivity contribution >= 4 is 11.6 Å². The lowest BCUT2D eigenvalue weighted by atomic mass is 9.84. The normalized spacial score (nSPS) is 18.4. The Morgan fingerprint density at radius 2 is 2.11 bits per heavy atom. The van der Waals surface area contributed by atoms with Crippen molar-refractivity contribution in [1.82, 2.24) is 4.90 Å². The summed E-state index contributed by atoms with van der Waals surface area (Å²) in [5.74, 6) is -0.705. The Labute approximate surface area is 113 Å². The summed E-state index contributed by atoms with van der Waals surface area (Å²) in [7, 11) is 0. The third-order valence-corrected chi connectivity index (χ3v) is 3.69. The van der Waals surface area contributed by atoms with E-state index in [9.17, 15) is 9.18 Å². The number of nitrogens with zero attached hydrogens (tertiary/aromatic N) is 1. The van der Waals surface area contributed by atoms with E-state index in [0.717, 1.165) is 12.8 Å². The van der Waals surface area contributed by atoms with Crippen molar-refractivity contribution in [3.8, 4) is 0 Å². The Morgan fingerprint density at radius 3 is 2.74 bits per heavy atom.